The zero-order chi connectivity index (χ0) is 24.6. The van der Waals surface area contributed by atoms with E-state index in [1.807, 2.05) is 13.8 Å². The summed E-state index contributed by atoms with van der Waals surface area (Å²) in [6, 6.07) is 4.92. The van der Waals surface area contributed by atoms with Crippen LogP contribution in [0, 0.1) is 0 Å². The van der Waals surface area contributed by atoms with Crippen molar-refractivity contribution in [1.82, 2.24) is 0 Å². The number of phenols is 1. The summed E-state index contributed by atoms with van der Waals surface area (Å²) in [4.78, 5) is 25.2. The SMILES string of the molecule is CCCCC(OCC(COC(CCCC)C(=O)CCC)c1cc(N)ccc1O)C(=O)CCC. The van der Waals surface area contributed by atoms with E-state index in [2.05, 4.69) is 13.8 Å². The number of benzene rings is 1. The van der Waals surface area contributed by atoms with E-state index in [4.69, 9.17) is 15.2 Å². The van der Waals surface area contributed by atoms with Gasteiger partial charge in [-0.3, -0.25) is 9.59 Å². The summed E-state index contributed by atoms with van der Waals surface area (Å²) in [5.41, 5.74) is 7.13. The number of unbranched alkanes of at least 4 members (excludes halogenated alkanes) is 2. The molecule has 0 aromatic heterocycles. The van der Waals surface area contributed by atoms with E-state index < -0.39 is 12.2 Å². The highest BCUT2D eigenvalue weighted by Gasteiger charge is 2.25. The molecule has 1 rings (SSSR count). The second kappa shape index (κ2) is 16.7. The Morgan fingerprint density at radius 3 is 1.76 bits per heavy atom. The molecule has 0 amide bonds. The molecule has 2 atom stereocenters. The van der Waals surface area contributed by atoms with Gasteiger partial charge < -0.3 is 20.3 Å². The number of carbonyl (C=O) groups excluding carboxylic acids is 2. The van der Waals surface area contributed by atoms with Crippen LogP contribution in [0.5, 0.6) is 5.75 Å². The second-order valence-corrected chi connectivity index (χ2v) is 8.88. The van der Waals surface area contributed by atoms with Crippen LogP contribution in [0.4, 0.5) is 5.69 Å². The average molecular weight is 464 g/mol. The van der Waals surface area contributed by atoms with Gasteiger partial charge in [-0.15, -0.1) is 0 Å². The molecule has 33 heavy (non-hydrogen) atoms. The standard InChI is InChI=1S/C27H45NO5/c1-5-9-13-26(24(30)11-7-3)32-18-20(22-17-21(28)15-16-23(22)29)19-33-27(14-10-6-2)25(31)12-8-4/h15-17,20,26-27,29H,5-14,18-19,28H2,1-4H3. The Balaban J connectivity index is 3.04. The maximum atomic E-state index is 12.6. The number of Topliss-reactive ketones (excluding diaryl/α,β-unsaturated/α-hetero) is 2. The first-order valence-corrected chi connectivity index (χ1v) is 12.7. The Morgan fingerprint density at radius 2 is 1.33 bits per heavy atom. The Hall–Kier alpha value is -1.92. The van der Waals surface area contributed by atoms with E-state index in [0.29, 0.717) is 36.9 Å². The summed E-state index contributed by atoms with van der Waals surface area (Å²) in [6.07, 6.45) is 6.78. The van der Waals surface area contributed by atoms with Crippen LogP contribution < -0.4 is 5.73 Å². The van der Waals surface area contributed by atoms with Crippen molar-refractivity contribution in [3.05, 3.63) is 23.8 Å². The fourth-order valence-electron chi connectivity index (χ4n) is 3.86. The molecule has 0 aliphatic heterocycles. The topological polar surface area (TPSA) is 98.8 Å². The van der Waals surface area contributed by atoms with Gasteiger partial charge in [0.05, 0.1) is 13.2 Å². The number of phenolic OH excluding ortho intramolecular Hbond substituents is 1. The maximum Gasteiger partial charge on any atom is 0.161 e. The molecule has 188 valence electrons. The van der Waals surface area contributed by atoms with Gasteiger partial charge in [-0.1, -0.05) is 53.4 Å². The Morgan fingerprint density at radius 1 is 0.848 bits per heavy atom. The number of carbonyl (C=O) groups is 2. The lowest BCUT2D eigenvalue weighted by molar-refractivity contribution is -0.133. The number of ketones is 2. The summed E-state index contributed by atoms with van der Waals surface area (Å²) in [5, 5.41) is 10.5. The molecule has 0 saturated heterocycles. The molecule has 0 saturated carbocycles. The number of aromatic hydroxyl groups is 1. The molecular weight excluding hydrogens is 418 g/mol. The first-order valence-electron chi connectivity index (χ1n) is 12.7. The lowest BCUT2D eigenvalue weighted by Gasteiger charge is -2.25. The van der Waals surface area contributed by atoms with Gasteiger partial charge in [-0.05, 0) is 43.9 Å². The molecule has 0 heterocycles. The molecule has 2 unspecified atom stereocenters. The minimum absolute atomic E-state index is 0.108. The van der Waals surface area contributed by atoms with Crippen molar-refractivity contribution in [2.24, 2.45) is 0 Å². The van der Waals surface area contributed by atoms with Crippen LogP contribution in [0.25, 0.3) is 0 Å². The van der Waals surface area contributed by atoms with E-state index >= 15 is 0 Å². The fraction of sp³-hybridized carbons (Fsp3) is 0.704. The van der Waals surface area contributed by atoms with Gasteiger partial charge in [0.25, 0.3) is 0 Å². The second-order valence-electron chi connectivity index (χ2n) is 8.88. The zero-order valence-corrected chi connectivity index (χ0v) is 21.1. The normalized spacial score (nSPS) is 14.1. The molecular formula is C27H45NO5. The predicted octanol–water partition coefficient (Wildman–Crippen LogP) is 5.95. The zero-order valence-electron chi connectivity index (χ0n) is 21.1. The average Bonchev–Trinajstić information content (AvgIpc) is 2.79. The summed E-state index contributed by atoms with van der Waals surface area (Å²) in [5.74, 6) is -0.00952. The van der Waals surface area contributed by atoms with Gasteiger partial charge in [0.2, 0.25) is 0 Å². The van der Waals surface area contributed by atoms with Crippen molar-refractivity contribution in [3.63, 3.8) is 0 Å². The highest BCUT2D eigenvalue weighted by Crippen LogP contribution is 2.30. The van der Waals surface area contributed by atoms with Crippen molar-refractivity contribution in [3.8, 4) is 5.75 Å². The van der Waals surface area contributed by atoms with Crippen LogP contribution in [-0.4, -0.2) is 42.1 Å². The lowest BCUT2D eigenvalue weighted by atomic mass is 9.98. The van der Waals surface area contributed by atoms with Crippen molar-refractivity contribution in [2.45, 2.75) is 110 Å². The molecule has 0 spiro atoms. The van der Waals surface area contributed by atoms with Crippen molar-refractivity contribution < 1.29 is 24.2 Å². The Kier molecular flexibility index (Phi) is 14.7. The minimum Gasteiger partial charge on any atom is -0.508 e. The van der Waals surface area contributed by atoms with Crippen molar-refractivity contribution >= 4 is 17.3 Å². The van der Waals surface area contributed by atoms with Crippen LogP contribution in [0.15, 0.2) is 18.2 Å². The number of ether oxygens (including phenoxy) is 2. The van der Waals surface area contributed by atoms with Gasteiger partial charge in [0.1, 0.15) is 18.0 Å². The highest BCUT2D eigenvalue weighted by molar-refractivity contribution is 5.83. The fourth-order valence-corrected chi connectivity index (χ4v) is 3.86. The largest absolute Gasteiger partial charge is 0.508 e. The first kappa shape index (κ1) is 29.1. The van der Waals surface area contributed by atoms with E-state index in [0.717, 1.165) is 38.5 Å². The van der Waals surface area contributed by atoms with Crippen molar-refractivity contribution in [2.75, 3.05) is 18.9 Å². The molecule has 3 N–H and O–H groups in total. The van der Waals surface area contributed by atoms with Gasteiger partial charge >= 0.3 is 0 Å². The molecule has 6 nitrogen and oxygen atoms in total. The number of rotatable bonds is 19. The van der Waals surface area contributed by atoms with Gasteiger partial charge in [-0.2, -0.15) is 0 Å². The number of nitrogen functional groups attached to an aromatic ring is 1. The van der Waals surface area contributed by atoms with Gasteiger partial charge in [0, 0.05) is 30.0 Å². The quantitative estimate of drug-likeness (QED) is 0.194. The third-order valence-electron chi connectivity index (χ3n) is 5.84. The number of hydrogen-bond acceptors (Lipinski definition) is 6. The number of hydrogen-bond donors (Lipinski definition) is 2. The molecule has 0 bridgehead atoms. The molecule has 0 radical (unpaired) electrons. The van der Waals surface area contributed by atoms with Crippen LogP contribution in [0.2, 0.25) is 0 Å². The third kappa shape index (κ3) is 10.7. The van der Waals surface area contributed by atoms with Crippen LogP contribution in [0.3, 0.4) is 0 Å². The Labute approximate surface area is 200 Å². The van der Waals surface area contributed by atoms with Crippen LogP contribution in [0.1, 0.15) is 103 Å². The molecule has 1 aromatic rings. The number of nitrogens with two attached hydrogens (primary N) is 1. The van der Waals surface area contributed by atoms with Crippen molar-refractivity contribution in [1.29, 1.82) is 0 Å². The van der Waals surface area contributed by atoms with Crippen LogP contribution in [-0.2, 0) is 19.1 Å². The third-order valence-corrected chi connectivity index (χ3v) is 5.84. The molecule has 0 aliphatic rings. The van der Waals surface area contributed by atoms with E-state index in [-0.39, 0.29) is 36.4 Å². The first-order chi connectivity index (χ1) is 15.9. The predicted molar refractivity (Wildman–Crippen MR) is 134 cm³/mol. The summed E-state index contributed by atoms with van der Waals surface area (Å²) in [6.45, 7) is 8.58. The summed E-state index contributed by atoms with van der Waals surface area (Å²) >= 11 is 0. The number of anilines is 1. The smallest absolute Gasteiger partial charge is 0.161 e. The van der Waals surface area contributed by atoms with Gasteiger partial charge in [-0.25, -0.2) is 0 Å². The minimum atomic E-state index is -0.465. The summed E-state index contributed by atoms with van der Waals surface area (Å²) < 4.78 is 12.3. The van der Waals surface area contributed by atoms with Crippen LogP contribution >= 0.6 is 0 Å². The van der Waals surface area contributed by atoms with E-state index in [1.54, 1.807) is 18.2 Å². The molecule has 6 heteroatoms. The maximum absolute atomic E-state index is 12.6. The lowest BCUT2D eigenvalue weighted by Crippen LogP contribution is -2.30. The summed E-state index contributed by atoms with van der Waals surface area (Å²) in [7, 11) is 0. The monoisotopic (exact) mass is 463 g/mol. The Bertz CT molecular complexity index is 672. The molecule has 1 aromatic carbocycles. The highest BCUT2D eigenvalue weighted by atomic mass is 16.5. The molecule has 0 fully saturated rings. The molecule has 0 aliphatic carbocycles. The van der Waals surface area contributed by atoms with Gasteiger partial charge in [0.15, 0.2) is 11.6 Å². The van der Waals surface area contributed by atoms with E-state index in [1.165, 1.54) is 0 Å². The van der Waals surface area contributed by atoms with E-state index in [9.17, 15) is 14.7 Å².